The minimum absolute atomic E-state index is 0.130. The first kappa shape index (κ1) is 19.7. The van der Waals surface area contributed by atoms with Gasteiger partial charge in [0, 0.05) is 23.0 Å². The van der Waals surface area contributed by atoms with Gasteiger partial charge in [-0.3, -0.25) is 9.79 Å². The molecule has 0 atom stereocenters. The first-order chi connectivity index (χ1) is 15.7. The number of aryl methyl sites for hydroxylation is 1. The Morgan fingerprint density at radius 3 is 2.00 bits per heavy atom. The third kappa shape index (κ3) is 3.88. The van der Waals surface area contributed by atoms with Crippen molar-refractivity contribution in [1.29, 1.82) is 0 Å². The minimum atomic E-state index is -0.130. The first-order valence-corrected chi connectivity index (χ1v) is 10.6. The molecule has 0 aliphatic rings. The number of anilines is 1. The van der Waals surface area contributed by atoms with Gasteiger partial charge in [0.1, 0.15) is 0 Å². The van der Waals surface area contributed by atoms with E-state index >= 15 is 0 Å². The molecule has 3 nitrogen and oxygen atoms in total. The number of hydrogen-bond donors (Lipinski definition) is 1. The molecule has 1 amide bonds. The minimum Gasteiger partial charge on any atom is -0.322 e. The van der Waals surface area contributed by atoms with Gasteiger partial charge in [-0.2, -0.15) is 0 Å². The van der Waals surface area contributed by atoms with E-state index in [1.54, 1.807) is 0 Å². The summed E-state index contributed by atoms with van der Waals surface area (Å²) in [4.78, 5) is 17.3. The Bertz CT molecular complexity index is 1410. The molecule has 0 unspecified atom stereocenters. The summed E-state index contributed by atoms with van der Waals surface area (Å²) >= 11 is 0. The van der Waals surface area contributed by atoms with E-state index in [0.717, 1.165) is 22.5 Å². The van der Waals surface area contributed by atoms with Crippen molar-refractivity contribution in [1.82, 2.24) is 0 Å². The van der Waals surface area contributed by atoms with Gasteiger partial charge in [-0.25, -0.2) is 0 Å². The Hall–Kier alpha value is -4.24. The van der Waals surface area contributed by atoms with Gasteiger partial charge < -0.3 is 5.32 Å². The number of aliphatic imine (C=N–C) groups is 1. The van der Waals surface area contributed by atoms with Crippen LogP contribution >= 0.6 is 0 Å². The standard InChI is InChI=1S/C29H22N2O/c1-20-8-2-7-13-28(20)31-29(32)21-14-16-24(17-15-21)30-19-27-25-11-5-3-9-22(25)18-23-10-4-6-12-26(23)27/h2-19H,1H3,(H,31,32). The summed E-state index contributed by atoms with van der Waals surface area (Å²) in [5.74, 6) is -0.130. The summed E-state index contributed by atoms with van der Waals surface area (Å²) in [5, 5.41) is 7.69. The molecule has 5 rings (SSSR count). The molecule has 0 spiro atoms. The fourth-order valence-electron chi connectivity index (χ4n) is 3.93. The number of amides is 1. The quantitative estimate of drug-likeness (QED) is 0.243. The normalized spacial score (nSPS) is 11.3. The van der Waals surface area contributed by atoms with E-state index in [4.69, 9.17) is 4.99 Å². The van der Waals surface area contributed by atoms with Gasteiger partial charge in [-0.05, 0) is 70.4 Å². The van der Waals surface area contributed by atoms with Gasteiger partial charge in [0.15, 0.2) is 0 Å². The van der Waals surface area contributed by atoms with E-state index < -0.39 is 0 Å². The Morgan fingerprint density at radius 1 is 0.750 bits per heavy atom. The molecule has 1 N–H and O–H groups in total. The highest BCUT2D eigenvalue weighted by Crippen LogP contribution is 2.28. The average Bonchev–Trinajstić information content (AvgIpc) is 2.83. The summed E-state index contributed by atoms with van der Waals surface area (Å²) < 4.78 is 0. The topological polar surface area (TPSA) is 41.5 Å². The number of carbonyl (C=O) groups is 1. The predicted octanol–water partition coefficient (Wildman–Crippen LogP) is 7.30. The summed E-state index contributed by atoms with van der Waals surface area (Å²) in [6, 6.07) is 34.0. The second kappa shape index (κ2) is 8.48. The van der Waals surface area contributed by atoms with Crippen LogP contribution in [0, 0.1) is 6.92 Å². The maximum Gasteiger partial charge on any atom is 0.255 e. The van der Waals surface area contributed by atoms with Crippen molar-refractivity contribution in [3.63, 3.8) is 0 Å². The van der Waals surface area contributed by atoms with Crippen LogP contribution in [-0.4, -0.2) is 12.1 Å². The van der Waals surface area contributed by atoms with Gasteiger partial charge in [-0.1, -0.05) is 66.7 Å². The maximum absolute atomic E-state index is 12.6. The molecule has 5 aromatic carbocycles. The number of hydrogen-bond acceptors (Lipinski definition) is 2. The summed E-state index contributed by atoms with van der Waals surface area (Å²) in [6.45, 7) is 1.98. The molecule has 0 bridgehead atoms. The third-order valence-corrected chi connectivity index (χ3v) is 5.68. The zero-order chi connectivity index (χ0) is 21.9. The van der Waals surface area contributed by atoms with Crippen LogP contribution in [0.2, 0.25) is 0 Å². The second-order valence-corrected chi connectivity index (χ2v) is 7.81. The van der Waals surface area contributed by atoms with E-state index in [1.807, 2.05) is 61.7 Å². The number of nitrogens with one attached hydrogen (secondary N) is 1. The van der Waals surface area contributed by atoms with Crippen molar-refractivity contribution in [2.45, 2.75) is 6.92 Å². The predicted molar refractivity (Wildman–Crippen MR) is 134 cm³/mol. The van der Waals surface area contributed by atoms with Crippen LogP contribution in [0.3, 0.4) is 0 Å². The highest BCUT2D eigenvalue weighted by atomic mass is 16.1. The van der Waals surface area contributed by atoms with Crippen molar-refractivity contribution < 1.29 is 4.79 Å². The lowest BCUT2D eigenvalue weighted by atomic mass is 9.97. The molecule has 32 heavy (non-hydrogen) atoms. The maximum atomic E-state index is 12.6. The lowest BCUT2D eigenvalue weighted by Crippen LogP contribution is -2.12. The van der Waals surface area contributed by atoms with Crippen LogP contribution in [0.25, 0.3) is 21.5 Å². The van der Waals surface area contributed by atoms with E-state index in [-0.39, 0.29) is 5.91 Å². The monoisotopic (exact) mass is 414 g/mol. The molecule has 0 aliphatic carbocycles. The number of carbonyl (C=O) groups excluding carboxylic acids is 1. The Labute approximate surface area is 187 Å². The van der Waals surface area contributed by atoms with Crippen molar-refractivity contribution in [2.24, 2.45) is 4.99 Å². The Kier molecular flexibility index (Phi) is 5.22. The number of rotatable bonds is 4. The molecule has 0 heterocycles. The van der Waals surface area contributed by atoms with E-state index in [1.165, 1.54) is 21.5 Å². The summed E-state index contributed by atoms with van der Waals surface area (Å²) in [6.07, 6.45) is 1.92. The fraction of sp³-hybridized carbons (Fsp3) is 0.0345. The average molecular weight is 415 g/mol. The van der Waals surface area contributed by atoms with Crippen molar-refractivity contribution in [3.8, 4) is 0 Å². The summed E-state index contributed by atoms with van der Waals surface area (Å²) in [7, 11) is 0. The van der Waals surface area contributed by atoms with Gasteiger partial charge in [0.25, 0.3) is 5.91 Å². The molecular formula is C29H22N2O. The molecule has 3 heteroatoms. The van der Waals surface area contributed by atoms with Gasteiger partial charge >= 0.3 is 0 Å². The van der Waals surface area contributed by atoms with Crippen LogP contribution in [0.1, 0.15) is 21.5 Å². The highest BCUT2D eigenvalue weighted by molar-refractivity contribution is 6.13. The largest absolute Gasteiger partial charge is 0.322 e. The number of fused-ring (bicyclic) bond motifs is 2. The van der Waals surface area contributed by atoms with Gasteiger partial charge in [0.2, 0.25) is 0 Å². The second-order valence-electron chi connectivity index (χ2n) is 7.81. The molecule has 5 aromatic rings. The molecule has 154 valence electrons. The van der Waals surface area contributed by atoms with Crippen molar-refractivity contribution in [2.75, 3.05) is 5.32 Å². The molecule has 0 saturated heterocycles. The molecule has 0 radical (unpaired) electrons. The molecular weight excluding hydrogens is 392 g/mol. The zero-order valence-electron chi connectivity index (χ0n) is 17.7. The summed E-state index contributed by atoms with van der Waals surface area (Å²) in [5.41, 5.74) is 4.35. The van der Waals surface area contributed by atoms with E-state index in [9.17, 15) is 4.79 Å². The van der Waals surface area contributed by atoms with Crippen molar-refractivity contribution in [3.05, 3.63) is 120 Å². The molecule has 0 fully saturated rings. The van der Waals surface area contributed by atoms with Crippen LogP contribution < -0.4 is 5.32 Å². The molecule has 0 aliphatic heterocycles. The van der Waals surface area contributed by atoms with E-state index in [0.29, 0.717) is 5.56 Å². The molecule has 0 aromatic heterocycles. The molecule has 0 saturated carbocycles. The Balaban J connectivity index is 1.43. The number of para-hydroxylation sites is 1. The van der Waals surface area contributed by atoms with Gasteiger partial charge in [-0.15, -0.1) is 0 Å². The lowest BCUT2D eigenvalue weighted by molar-refractivity contribution is 0.102. The smallest absolute Gasteiger partial charge is 0.255 e. The van der Waals surface area contributed by atoms with E-state index in [2.05, 4.69) is 59.9 Å². The number of benzene rings is 5. The van der Waals surface area contributed by atoms with Crippen LogP contribution in [0.15, 0.2) is 108 Å². The fourth-order valence-corrected chi connectivity index (χ4v) is 3.93. The van der Waals surface area contributed by atoms with Crippen LogP contribution in [0.4, 0.5) is 11.4 Å². The van der Waals surface area contributed by atoms with Crippen LogP contribution in [0.5, 0.6) is 0 Å². The Morgan fingerprint density at radius 2 is 1.34 bits per heavy atom. The van der Waals surface area contributed by atoms with Crippen molar-refractivity contribution >= 4 is 45.0 Å². The SMILES string of the molecule is Cc1ccccc1NC(=O)c1ccc(N=Cc2c3ccccc3cc3ccccc23)cc1. The number of nitrogens with zero attached hydrogens (tertiary/aromatic N) is 1. The lowest BCUT2D eigenvalue weighted by Gasteiger charge is -2.09. The zero-order valence-corrected chi connectivity index (χ0v) is 17.7. The van der Waals surface area contributed by atoms with Gasteiger partial charge in [0.05, 0.1) is 5.69 Å². The third-order valence-electron chi connectivity index (χ3n) is 5.68. The first-order valence-electron chi connectivity index (χ1n) is 10.6. The highest BCUT2D eigenvalue weighted by Gasteiger charge is 2.08. The van der Waals surface area contributed by atoms with Crippen LogP contribution in [-0.2, 0) is 0 Å².